The van der Waals surface area contributed by atoms with Gasteiger partial charge >= 0.3 is 0 Å². The highest BCUT2D eigenvalue weighted by atomic mass is 16.5. The van der Waals surface area contributed by atoms with Gasteiger partial charge in [-0.15, -0.1) is 0 Å². The van der Waals surface area contributed by atoms with E-state index < -0.39 is 0 Å². The number of aromatic nitrogens is 3. The van der Waals surface area contributed by atoms with Crippen LogP contribution in [0.3, 0.4) is 0 Å². The summed E-state index contributed by atoms with van der Waals surface area (Å²) in [6, 6.07) is 18.4. The van der Waals surface area contributed by atoms with Crippen LogP contribution in [0.1, 0.15) is 30.7 Å². The Morgan fingerprint density at radius 2 is 1.91 bits per heavy atom. The second-order valence-electron chi connectivity index (χ2n) is 8.31. The van der Waals surface area contributed by atoms with Crippen molar-refractivity contribution >= 4 is 38.9 Å². The lowest BCUT2D eigenvalue weighted by Crippen LogP contribution is -2.04. The van der Waals surface area contributed by atoms with Crippen LogP contribution in [0.25, 0.3) is 21.8 Å². The van der Waals surface area contributed by atoms with E-state index in [4.69, 9.17) is 15.5 Å². The van der Waals surface area contributed by atoms with Crippen molar-refractivity contribution in [2.75, 3.05) is 17.7 Å². The van der Waals surface area contributed by atoms with Crippen molar-refractivity contribution in [2.24, 2.45) is 0 Å². The number of nitrogens with one attached hydrogen (secondary N) is 1. The van der Waals surface area contributed by atoms with E-state index in [1.807, 2.05) is 56.6 Å². The molecule has 0 aliphatic rings. The lowest BCUT2D eigenvalue weighted by atomic mass is 10.0. The molecule has 0 atom stereocenters. The molecule has 0 saturated heterocycles. The van der Waals surface area contributed by atoms with Gasteiger partial charge in [0.1, 0.15) is 11.8 Å². The number of hydrogen-bond donors (Lipinski definition) is 2. The fraction of sp³-hybridized carbons (Fsp3) is 0.179. The third-order valence-electron chi connectivity index (χ3n) is 6.08. The minimum Gasteiger partial charge on any atom is -0.492 e. The molecule has 0 spiro atoms. The summed E-state index contributed by atoms with van der Waals surface area (Å²) < 4.78 is 7.88. The van der Waals surface area contributed by atoms with Gasteiger partial charge < -0.3 is 20.4 Å². The van der Waals surface area contributed by atoms with Gasteiger partial charge in [0.25, 0.3) is 0 Å². The molecule has 0 amide bonds. The average Bonchev–Trinajstić information content (AvgIpc) is 3.27. The molecule has 3 heterocycles. The Hall–Kier alpha value is -4.57. The van der Waals surface area contributed by atoms with Crippen molar-refractivity contribution in [3.8, 4) is 11.8 Å². The maximum atomic E-state index is 10.00. The fourth-order valence-corrected chi connectivity index (χ4v) is 4.39. The van der Waals surface area contributed by atoms with Gasteiger partial charge in [0.15, 0.2) is 0 Å². The van der Waals surface area contributed by atoms with Crippen LogP contribution < -0.4 is 15.8 Å². The number of aryl methyl sites for hydroxylation is 1. The molecule has 0 saturated carbocycles. The number of pyridine rings is 2. The Balaban J connectivity index is 1.57. The summed E-state index contributed by atoms with van der Waals surface area (Å²) in [5, 5.41) is 15.4. The second-order valence-corrected chi connectivity index (χ2v) is 8.31. The van der Waals surface area contributed by atoms with Gasteiger partial charge in [-0.1, -0.05) is 6.92 Å². The number of nitrogen functional groups attached to an aromatic ring is 1. The molecule has 0 bridgehead atoms. The van der Waals surface area contributed by atoms with Crippen LogP contribution in [0.2, 0.25) is 0 Å². The van der Waals surface area contributed by atoms with Crippen LogP contribution in [0.4, 0.5) is 17.1 Å². The van der Waals surface area contributed by atoms with Crippen molar-refractivity contribution in [3.05, 3.63) is 83.9 Å². The average molecular weight is 463 g/mol. The summed E-state index contributed by atoms with van der Waals surface area (Å²) in [4.78, 5) is 8.83. The van der Waals surface area contributed by atoms with Gasteiger partial charge in [0.2, 0.25) is 0 Å². The molecule has 174 valence electrons. The molecule has 0 fully saturated rings. The Bertz CT molecular complexity index is 1570. The molecule has 5 rings (SSSR count). The quantitative estimate of drug-likeness (QED) is 0.297. The molecule has 7 nitrogen and oxygen atoms in total. The van der Waals surface area contributed by atoms with Crippen molar-refractivity contribution in [2.45, 2.75) is 26.8 Å². The summed E-state index contributed by atoms with van der Waals surface area (Å²) >= 11 is 0. The Morgan fingerprint density at radius 3 is 2.66 bits per heavy atom. The number of fused-ring (bicyclic) bond motifs is 2. The molecule has 5 aromatic rings. The molecule has 2 aromatic carbocycles. The number of hydrogen-bond acceptors (Lipinski definition) is 6. The van der Waals surface area contributed by atoms with Gasteiger partial charge in [0.05, 0.1) is 34.8 Å². The maximum absolute atomic E-state index is 10.00. The topological polar surface area (TPSA) is 102 Å². The van der Waals surface area contributed by atoms with Gasteiger partial charge in [-0.05, 0) is 61.4 Å². The standard InChI is InChI=1S/C28H26N6O/c1-3-24-22(16-29)28(21-14-23(30)27(35-4-2)15-25(21)33-24)32-20-5-6-26-19(13-20)9-12-34(26)17-18-7-10-31-11-8-18/h5-15H,3-4,17,30H2,1-2H3,(H,32,33). The number of ether oxygens (including phenoxy) is 1. The lowest BCUT2D eigenvalue weighted by molar-refractivity contribution is 0.342. The molecule has 0 aliphatic carbocycles. The smallest absolute Gasteiger partial charge is 0.144 e. The summed E-state index contributed by atoms with van der Waals surface area (Å²) in [5.74, 6) is 0.599. The first-order chi connectivity index (χ1) is 17.1. The van der Waals surface area contributed by atoms with E-state index in [9.17, 15) is 5.26 Å². The zero-order valence-corrected chi connectivity index (χ0v) is 19.7. The minimum atomic E-state index is 0.512. The summed E-state index contributed by atoms with van der Waals surface area (Å²) in [6.45, 7) is 5.20. The van der Waals surface area contributed by atoms with Crippen molar-refractivity contribution in [3.63, 3.8) is 0 Å². The highest BCUT2D eigenvalue weighted by molar-refractivity contribution is 6.00. The molecule has 0 radical (unpaired) electrons. The van der Waals surface area contributed by atoms with Gasteiger partial charge in [-0.3, -0.25) is 9.97 Å². The first kappa shape index (κ1) is 22.2. The van der Waals surface area contributed by atoms with Gasteiger partial charge in [-0.25, -0.2) is 0 Å². The highest BCUT2D eigenvalue weighted by Gasteiger charge is 2.17. The van der Waals surface area contributed by atoms with E-state index in [1.54, 1.807) is 0 Å². The van der Waals surface area contributed by atoms with E-state index in [1.165, 1.54) is 5.56 Å². The van der Waals surface area contributed by atoms with Gasteiger partial charge in [-0.2, -0.15) is 5.26 Å². The minimum absolute atomic E-state index is 0.512. The fourth-order valence-electron chi connectivity index (χ4n) is 4.39. The van der Waals surface area contributed by atoms with Crippen LogP contribution in [0.5, 0.6) is 5.75 Å². The molecule has 3 aromatic heterocycles. The summed E-state index contributed by atoms with van der Waals surface area (Å²) in [6.07, 6.45) is 6.34. The van der Waals surface area contributed by atoms with Crippen LogP contribution in [0.15, 0.2) is 67.1 Å². The number of nitrogens with two attached hydrogens (primary N) is 1. The number of anilines is 3. The zero-order chi connectivity index (χ0) is 24.4. The maximum Gasteiger partial charge on any atom is 0.144 e. The van der Waals surface area contributed by atoms with Gasteiger partial charge in [0, 0.05) is 53.2 Å². The first-order valence-corrected chi connectivity index (χ1v) is 11.6. The van der Waals surface area contributed by atoms with E-state index in [-0.39, 0.29) is 0 Å². The highest BCUT2D eigenvalue weighted by Crippen LogP contribution is 2.36. The third-order valence-corrected chi connectivity index (χ3v) is 6.08. The predicted molar refractivity (Wildman–Crippen MR) is 140 cm³/mol. The monoisotopic (exact) mass is 462 g/mol. The van der Waals surface area contributed by atoms with Crippen LogP contribution in [-0.4, -0.2) is 21.1 Å². The third kappa shape index (κ3) is 4.22. The molecule has 0 aliphatic heterocycles. The van der Waals surface area contributed by atoms with Crippen molar-refractivity contribution in [1.29, 1.82) is 5.26 Å². The van der Waals surface area contributed by atoms with E-state index >= 15 is 0 Å². The largest absolute Gasteiger partial charge is 0.492 e. The Kier molecular flexibility index (Phi) is 5.94. The molecule has 3 N–H and O–H groups in total. The van der Waals surface area contributed by atoms with E-state index in [0.717, 1.165) is 39.7 Å². The van der Waals surface area contributed by atoms with Crippen LogP contribution >= 0.6 is 0 Å². The number of nitriles is 1. The lowest BCUT2D eigenvalue weighted by Gasteiger charge is -2.16. The first-order valence-electron chi connectivity index (χ1n) is 11.6. The summed E-state index contributed by atoms with van der Waals surface area (Å²) in [7, 11) is 0. The number of benzene rings is 2. The molecule has 7 heteroatoms. The number of rotatable bonds is 7. The van der Waals surface area contributed by atoms with E-state index in [2.05, 4.69) is 45.3 Å². The predicted octanol–water partition coefficient (Wildman–Crippen LogP) is 5.79. The Labute approximate surface area is 203 Å². The normalized spacial score (nSPS) is 11.0. The molecular formula is C28H26N6O. The van der Waals surface area contributed by atoms with Crippen molar-refractivity contribution in [1.82, 2.24) is 14.5 Å². The Morgan fingerprint density at radius 1 is 1.09 bits per heavy atom. The number of nitrogens with zero attached hydrogens (tertiary/aromatic N) is 4. The molecule has 0 unspecified atom stereocenters. The van der Waals surface area contributed by atoms with Crippen LogP contribution in [-0.2, 0) is 13.0 Å². The molecular weight excluding hydrogens is 436 g/mol. The zero-order valence-electron chi connectivity index (χ0n) is 19.7. The van der Waals surface area contributed by atoms with Crippen LogP contribution in [0, 0.1) is 11.3 Å². The summed E-state index contributed by atoms with van der Waals surface area (Å²) in [5.41, 5.74) is 12.7. The van der Waals surface area contributed by atoms with Crippen molar-refractivity contribution < 1.29 is 4.74 Å². The van der Waals surface area contributed by atoms with E-state index in [0.29, 0.717) is 35.7 Å². The SMILES string of the molecule is CCOc1cc2nc(CC)c(C#N)c(Nc3ccc4c(ccn4Cc4ccncc4)c3)c2cc1N. The molecule has 35 heavy (non-hydrogen) atoms. The second kappa shape index (κ2) is 9.35.